The summed E-state index contributed by atoms with van der Waals surface area (Å²) >= 11 is 5.87. The summed E-state index contributed by atoms with van der Waals surface area (Å²) in [5, 5.41) is 6.99. The molecular formula is C15H12ClN2NaO3S. The van der Waals surface area contributed by atoms with Crippen molar-refractivity contribution in [2.45, 2.75) is 11.3 Å². The SMILES string of the molecule is O=S(=O)([O-])c1ccc(N2CCC(c3ccc(Cl)cc3)=N2)cc1.[Na+]. The van der Waals surface area contributed by atoms with Crippen LogP contribution in [-0.2, 0) is 10.1 Å². The number of rotatable bonds is 3. The van der Waals surface area contributed by atoms with Crippen molar-refractivity contribution in [3.63, 3.8) is 0 Å². The predicted molar refractivity (Wildman–Crippen MR) is 84.4 cm³/mol. The van der Waals surface area contributed by atoms with Gasteiger partial charge in [0.2, 0.25) is 0 Å². The molecule has 114 valence electrons. The van der Waals surface area contributed by atoms with Gasteiger partial charge < -0.3 is 4.55 Å². The van der Waals surface area contributed by atoms with Crippen molar-refractivity contribution in [1.29, 1.82) is 0 Å². The summed E-state index contributed by atoms with van der Waals surface area (Å²) in [7, 11) is -4.42. The Morgan fingerprint density at radius 3 is 2.22 bits per heavy atom. The fourth-order valence-corrected chi connectivity index (χ4v) is 2.87. The minimum absolute atomic E-state index is 0. The largest absolute Gasteiger partial charge is 1.00 e. The van der Waals surface area contributed by atoms with Crippen LogP contribution < -0.4 is 34.6 Å². The third kappa shape index (κ3) is 4.35. The summed E-state index contributed by atoms with van der Waals surface area (Å²) in [6.07, 6.45) is 0.781. The topological polar surface area (TPSA) is 72.8 Å². The van der Waals surface area contributed by atoms with Crippen LogP contribution in [0.4, 0.5) is 5.69 Å². The first kappa shape index (κ1) is 18.4. The van der Waals surface area contributed by atoms with Gasteiger partial charge in [-0.2, -0.15) is 5.10 Å². The van der Waals surface area contributed by atoms with E-state index in [1.165, 1.54) is 12.1 Å². The summed E-state index contributed by atoms with van der Waals surface area (Å²) in [5.74, 6) is 0. The predicted octanol–water partition coefficient (Wildman–Crippen LogP) is -0.137. The second-order valence-corrected chi connectivity index (χ2v) is 6.69. The standard InChI is InChI=1S/C15H13ClN2O3S.Na/c16-12-3-1-11(2-4-12)15-9-10-18(17-15)13-5-7-14(8-6-13)22(19,20)21;/h1-8H,9-10H2,(H,19,20,21);/q;+1/p-1. The van der Waals surface area contributed by atoms with Gasteiger partial charge in [-0.25, -0.2) is 8.42 Å². The smallest absolute Gasteiger partial charge is 0.744 e. The molecule has 0 saturated carbocycles. The van der Waals surface area contributed by atoms with E-state index >= 15 is 0 Å². The third-order valence-electron chi connectivity index (χ3n) is 3.40. The number of halogens is 1. The minimum Gasteiger partial charge on any atom is -0.744 e. The minimum atomic E-state index is -4.42. The third-order valence-corrected chi connectivity index (χ3v) is 4.50. The molecule has 0 bridgehead atoms. The van der Waals surface area contributed by atoms with E-state index in [0.29, 0.717) is 11.6 Å². The molecule has 0 unspecified atom stereocenters. The number of hydrogen-bond donors (Lipinski definition) is 0. The van der Waals surface area contributed by atoms with Crippen LogP contribution in [0, 0.1) is 0 Å². The molecule has 0 N–H and O–H groups in total. The molecule has 5 nitrogen and oxygen atoms in total. The molecule has 2 aromatic carbocycles. The van der Waals surface area contributed by atoms with Gasteiger partial charge in [0, 0.05) is 18.0 Å². The van der Waals surface area contributed by atoms with Crippen molar-refractivity contribution < 1.29 is 42.5 Å². The van der Waals surface area contributed by atoms with E-state index in [9.17, 15) is 13.0 Å². The fraction of sp³-hybridized carbons (Fsp3) is 0.133. The molecule has 0 aromatic heterocycles. The summed E-state index contributed by atoms with van der Waals surface area (Å²) in [5.41, 5.74) is 2.69. The van der Waals surface area contributed by atoms with Gasteiger partial charge in [0.05, 0.1) is 16.3 Å². The van der Waals surface area contributed by atoms with Gasteiger partial charge in [0.15, 0.2) is 0 Å². The molecule has 0 fully saturated rings. The molecule has 1 aliphatic heterocycles. The molecule has 1 aliphatic rings. The first-order valence-electron chi connectivity index (χ1n) is 6.60. The van der Waals surface area contributed by atoms with Crippen LogP contribution in [-0.4, -0.2) is 25.2 Å². The van der Waals surface area contributed by atoms with Crippen LogP contribution in [0.15, 0.2) is 58.5 Å². The normalized spacial score (nSPS) is 14.3. The number of nitrogens with zero attached hydrogens (tertiary/aromatic N) is 2. The van der Waals surface area contributed by atoms with Crippen LogP contribution >= 0.6 is 11.6 Å². The summed E-state index contributed by atoms with van der Waals surface area (Å²) in [6, 6.07) is 13.2. The summed E-state index contributed by atoms with van der Waals surface area (Å²) < 4.78 is 32.8. The molecule has 2 aromatic rings. The van der Waals surface area contributed by atoms with Gasteiger partial charge in [-0.1, -0.05) is 23.7 Å². The van der Waals surface area contributed by atoms with Crippen molar-refractivity contribution in [2.75, 3.05) is 11.6 Å². The maximum absolute atomic E-state index is 10.9. The molecule has 0 amide bonds. The van der Waals surface area contributed by atoms with Gasteiger partial charge in [-0.3, -0.25) is 5.01 Å². The van der Waals surface area contributed by atoms with E-state index in [1.807, 2.05) is 24.3 Å². The maximum atomic E-state index is 10.9. The quantitative estimate of drug-likeness (QED) is 0.565. The number of hydrogen-bond acceptors (Lipinski definition) is 5. The van der Waals surface area contributed by atoms with E-state index < -0.39 is 10.1 Å². The Morgan fingerprint density at radius 1 is 1.04 bits per heavy atom. The Labute approximate surface area is 162 Å². The molecular weight excluding hydrogens is 347 g/mol. The molecule has 3 rings (SSSR count). The number of benzene rings is 2. The van der Waals surface area contributed by atoms with E-state index in [4.69, 9.17) is 11.6 Å². The fourth-order valence-electron chi connectivity index (χ4n) is 2.27. The number of hydrazone groups is 1. The monoisotopic (exact) mass is 358 g/mol. The first-order chi connectivity index (χ1) is 10.4. The zero-order valence-corrected chi connectivity index (χ0v) is 16.0. The Bertz CT molecular complexity index is 821. The van der Waals surface area contributed by atoms with E-state index in [2.05, 4.69) is 5.10 Å². The van der Waals surface area contributed by atoms with Gasteiger partial charge in [-0.15, -0.1) is 0 Å². The first-order valence-corrected chi connectivity index (χ1v) is 8.39. The van der Waals surface area contributed by atoms with Crippen LogP contribution in [0.3, 0.4) is 0 Å². The van der Waals surface area contributed by atoms with Crippen LogP contribution in [0.1, 0.15) is 12.0 Å². The van der Waals surface area contributed by atoms with Gasteiger partial charge in [-0.05, 0) is 42.0 Å². The van der Waals surface area contributed by atoms with Gasteiger partial charge >= 0.3 is 29.6 Å². The summed E-state index contributed by atoms with van der Waals surface area (Å²) in [6.45, 7) is 0.696. The van der Waals surface area contributed by atoms with Gasteiger partial charge in [0.25, 0.3) is 0 Å². The van der Waals surface area contributed by atoms with E-state index in [-0.39, 0.29) is 34.5 Å². The van der Waals surface area contributed by atoms with Crippen LogP contribution in [0.2, 0.25) is 5.02 Å². The Balaban J connectivity index is 0.00000192. The van der Waals surface area contributed by atoms with Crippen molar-refractivity contribution in [2.24, 2.45) is 5.10 Å². The van der Waals surface area contributed by atoms with Crippen molar-refractivity contribution in [3.8, 4) is 0 Å². The molecule has 0 saturated heterocycles. The number of anilines is 1. The molecule has 0 aliphatic carbocycles. The zero-order chi connectivity index (χ0) is 15.7. The Morgan fingerprint density at radius 2 is 1.65 bits per heavy atom. The van der Waals surface area contributed by atoms with Crippen molar-refractivity contribution in [1.82, 2.24) is 0 Å². The molecule has 0 spiro atoms. The van der Waals surface area contributed by atoms with Crippen molar-refractivity contribution in [3.05, 3.63) is 59.1 Å². The molecule has 0 atom stereocenters. The summed E-state index contributed by atoms with van der Waals surface area (Å²) in [4.78, 5) is -0.239. The molecule has 1 heterocycles. The average molecular weight is 359 g/mol. The molecule has 8 heteroatoms. The second kappa shape index (κ2) is 7.34. The van der Waals surface area contributed by atoms with Crippen LogP contribution in [0.5, 0.6) is 0 Å². The Hall–Kier alpha value is -0.890. The maximum Gasteiger partial charge on any atom is 1.00 e. The second-order valence-electron chi connectivity index (χ2n) is 4.87. The molecule has 0 radical (unpaired) electrons. The molecule has 23 heavy (non-hydrogen) atoms. The zero-order valence-electron chi connectivity index (χ0n) is 12.4. The van der Waals surface area contributed by atoms with Gasteiger partial charge in [0.1, 0.15) is 10.1 Å². The average Bonchev–Trinajstić information content (AvgIpc) is 2.97. The Kier molecular flexibility index (Phi) is 5.89. The van der Waals surface area contributed by atoms with Crippen LogP contribution in [0.25, 0.3) is 0 Å². The van der Waals surface area contributed by atoms with Crippen molar-refractivity contribution >= 4 is 33.1 Å². The van der Waals surface area contributed by atoms with E-state index in [0.717, 1.165) is 23.4 Å². The van der Waals surface area contributed by atoms with E-state index in [1.54, 1.807) is 17.1 Å².